The van der Waals surface area contributed by atoms with Gasteiger partial charge in [0.2, 0.25) is 0 Å². The molecule has 0 saturated heterocycles. The first-order valence-corrected chi connectivity index (χ1v) is 6.72. The van der Waals surface area contributed by atoms with E-state index in [-0.39, 0.29) is 11.5 Å². The smallest absolute Gasteiger partial charge is 0.169 e. The molecule has 3 nitrogen and oxygen atoms in total. The maximum atomic E-state index is 5.32. The van der Waals surface area contributed by atoms with E-state index in [1.165, 1.54) is 5.56 Å². The summed E-state index contributed by atoms with van der Waals surface area (Å²) in [6.07, 6.45) is -0.170. The molecule has 0 aliphatic carbocycles. The van der Waals surface area contributed by atoms with Gasteiger partial charge in [0.25, 0.3) is 0 Å². The topological polar surface area (TPSA) is 30.5 Å². The summed E-state index contributed by atoms with van der Waals surface area (Å²) >= 11 is 1.84. The molecule has 1 aromatic rings. The number of rotatable bonds is 8. The third-order valence-electron chi connectivity index (χ3n) is 2.48. The van der Waals surface area contributed by atoms with Crippen LogP contribution in [0.5, 0.6) is 0 Å². The number of hydrogen-bond donors (Lipinski definition) is 1. The number of nitrogens with one attached hydrogen (secondary N) is 1. The minimum absolute atomic E-state index is 0.170. The second-order valence-corrected chi connectivity index (χ2v) is 4.96. The SMILES string of the molecule is CNCC(SCc1ccccc1)C(OC)OC. The van der Waals surface area contributed by atoms with Gasteiger partial charge in [0.15, 0.2) is 6.29 Å². The van der Waals surface area contributed by atoms with Gasteiger partial charge in [-0.2, -0.15) is 0 Å². The normalized spacial score (nSPS) is 12.9. The predicted molar refractivity (Wildman–Crippen MR) is 73.3 cm³/mol. The Morgan fingerprint density at radius 2 is 1.82 bits per heavy atom. The highest BCUT2D eigenvalue weighted by atomic mass is 32.2. The lowest BCUT2D eigenvalue weighted by molar-refractivity contribution is -0.101. The molecule has 1 unspecified atom stereocenters. The molecule has 17 heavy (non-hydrogen) atoms. The largest absolute Gasteiger partial charge is 0.355 e. The van der Waals surface area contributed by atoms with E-state index < -0.39 is 0 Å². The fourth-order valence-electron chi connectivity index (χ4n) is 1.61. The number of ether oxygens (including phenoxy) is 2. The standard InChI is InChI=1S/C13H21NO2S/c1-14-9-12(13(15-2)16-3)17-10-11-7-5-4-6-8-11/h4-8,12-14H,9-10H2,1-3H3. The average molecular weight is 255 g/mol. The molecule has 0 fully saturated rings. The van der Waals surface area contributed by atoms with E-state index in [9.17, 15) is 0 Å². The number of hydrogen-bond acceptors (Lipinski definition) is 4. The molecular weight excluding hydrogens is 234 g/mol. The zero-order chi connectivity index (χ0) is 12.5. The van der Waals surface area contributed by atoms with E-state index in [0.29, 0.717) is 0 Å². The number of benzene rings is 1. The summed E-state index contributed by atoms with van der Waals surface area (Å²) in [5.74, 6) is 0.969. The van der Waals surface area contributed by atoms with Crippen LogP contribution in [-0.2, 0) is 15.2 Å². The van der Waals surface area contributed by atoms with Crippen LogP contribution in [-0.4, -0.2) is 39.4 Å². The van der Waals surface area contributed by atoms with Crippen molar-refractivity contribution in [1.82, 2.24) is 5.32 Å². The molecule has 0 saturated carbocycles. The molecule has 1 aromatic carbocycles. The molecule has 0 aliphatic heterocycles. The van der Waals surface area contributed by atoms with Gasteiger partial charge in [-0.25, -0.2) is 0 Å². The Labute approximate surface area is 108 Å². The van der Waals surface area contributed by atoms with Crippen LogP contribution in [0.25, 0.3) is 0 Å². The Hall–Kier alpha value is -0.550. The van der Waals surface area contributed by atoms with Gasteiger partial charge in [0, 0.05) is 26.5 Å². The monoisotopic (exact) mass is 255 g/mol. The van der Waals surface area contributed by atoms with Crippen molar-refractivity contribution in [3.8, 4) is 0 Å². The van der Waals surface area contributed by atoms with E-state index in [1.54, 1.807) is 14.2 Å². The van der Waals surface area contributed by atoms with Crippen LogP contribution in [0.2, 0.25) is 0 Å². The van der Waals surface area contributed by atoms with Crippen molar-refractivity contribution >= 4 is 11.8 Å². The average Bonchev–Trinajstić information content (AvgIpc) is 2.38. The Morgan fingerprint density at radius 3 is 2.35 bits per heavy atom. The highest BCUT2D eigenvalue weighted by Gasteiger charge is 2.20. The molecule has 0 heterocycles. The maximum Gasteiger partial charge on any atom is 0.169 e. The van der Waals surface area contributed by atoms with Gasteiger partial charge in [-0.15, -0.1) is 11.8 Å². The molecular formula is C13H21NO2S. The molecule has 0 aliphatic rings. The first-order valence-electron chi connectivity index (χ1n) is 5.67. The van der Waals surface area contributed by atoms with Gasteiger partial charge in [0.05, 0.1) is 5.25 Å². The van der Waals surface area contributed by atoms with E-state index in [0.717, 1.165) is 12.3 Å². The van der Waals surface area contributed by atoms with Crippen molar-refractivity contribution in [2.24, 2.45) is 0 Å². The van der Waals surface area contributed by atoms with Gasteiger partial charge in [0.1, 0.15) is 0 Å². The summed E-state index contributed by atoms with van der Waals surface area (Å²) in [6.45, 7) is 0.865. The summed E-state index contributed by atoms with van der Waals surface area (Å²) in [4.78, 5) is 0. The van der Waals surface area contributed by atoms with E-state index in [2.05, 4.69) is 29.6 Å². The van der Waals surface area contributed by atoms with E-state index in [1.807, 2.05) is 24.9 Å². The van der Waals surface area contributed by atoms with E-state index >= 15 is 0 Å². The molecule has 1 rings (SSSR count). The minimum Gasteiger partial charge on any atom is -0.355 e. The number of methoxy groups -OCH3 is 2. The van der Waals surface area contributed by atoms with Gasteiger partial charge in [-0.05, 0) is 12.6 Å². The van der Waals surface area contributed by atoms with Crippen LogP contribution in [0.3, 0.4) is 0 Å². The predicted octanol–water partition coefficient (Wildman–Crippen LogP) is 2.13. The Kier molecular flexibility index (Phi) is 7.28. The molecule has 0 spiro atoms. The van der Waals surface area contributed by atoms with Gasteiger partial charge >= 0.3 is 0 Å². The fraction of sp³-hybridized carbons (Fsp3) is 0.538. The first kappa shape index (κ1) is 14.5. The van der Waals surface area contributed by atoms with Crippen LogP contribution in [0, 0.1) is 0 Å². The van der Waals surface area contributed by atoms with Crippen LogP contribution < -0.4 is 5.32 Å². The zero-order valence-electron chi connectivity index (χ0n) is 10.7. The van der Waals surface area contributed by atoms with Gasteiger partial charge < -0.3 is 14.8 Å². The summed E-state index contributed by atoms with van der Waals surface area (Å²) in [5.41, 5.74) is 1.32. The molecule has 1 N–H and O–H groups in total. The quantitative estimate of drug-likeness (QED) is 0.721. The summed E-state index contributed by atoms with van der Waals surface area (Å²) in [7, 11) is 5.30. The van der Waals surface area contributed by atoms with Crippen LogP contribution >= 0.6 is 11.8 Å². The lowest BCUT2D eigenvalue weighted by Crippen LogP contribution is -2.35. The lowest BCUT2D eigenvalue weighted by Gasteiger charge is -2.24. The second-order valence-electron chi connectivity index (χ2n) is 3.73. The Morgan fingerprint density at radius 1 is 1.18 bits per heavy atom. The molecule has 0 bridgehead atoms. The van der Waals surface area contributed by atoms with Gasteiger partial charge in [-0.3, -0.25) is 0 Å². The third kappa shape index (κ3) is 5.08. The van der Waals surface area contributed by atoms with Crippen molar-refractivity contribution in [3.63, 3.8) is 0 Å². The van der Waals surface area contributed by atoms with E-state index in [4.69, 9.17) is 9.47 Å². The number of thioether (sulfide) groups is 1. The Balaban J connectivity index is 2.49. The van der Waals surface area contributed by atoms with Crippen molar-refractivity contribution in [1.29, 1.82) is 0 Å². The van der Waals surface area contributed by atoms with Crippen LogP contribution in [0.4, 0.5) is 0 Å². The third-order valence-corrected chi connectivity index (χ3v) is 3.80. The summed E-state index contributed by atoms with van der Waals surface area (Å²) in [6, 6.07) is 10.4. The minimum atomic E-state index is -0.170. The highest BCUT2D eigenvalue weighted by Crippen LogP contribution is 2.21. The maximum absolute atomic E-state index is 5.32. The second kappa shape index (κ2) is 8.53. The zero-order valence-corrected chi connectivity index (χ0v) is 11.5. The molecule has 96 valence electrons. The highest BCUT2D eigenvalue weighted by molar-refractivity contribution is 7.99. The van der Waals surface area contributed by atoms with Crippen LogP contribution in [0.1, 0.15) is 5.56 Å². The Bertz CT molecular complexity index is 291. The molecule has 0 amide bonds. The summed E-state index contributed by atoms with van der Waals surface area (Å²) in [5, 5.41) is 3.46. The molecule has 4 heteroatoms. The fourth-order valence-corrected chi connectivity index (χ4v) is 2.88. The molecule has 1 atom stereocenters. The van der Waals surface area contributed by atoms with Crippen molar-refractivity contribution in [2.45, 2.75) is 17.3 Å². The molecule has 0 radical (unpaired) electrons. The van der Waals surface area contributed by atoms with Crippen molar-refractivity contribution in [2.75, 3.05) is 27.8 Å². The summed E-state index contributed by atoms with van der Waals surface area (Å²) < 4.78 is 10.6. The lowest BCUT2D eigenvalue weighted by atomic mass is 10.2. The molecule has 0 aromatic heterocycles. The first-order chi connectivity index (χ1) is 8.31. The van der Waals surface area contributed by atoms with Crippen molar-refractivity contribution in [3.05, 3.63) is 35.9 Å². The van der Waals surface area contributed by atoms with Gasteiger partial charge in [-0.1, -0.05) is 30.3 Å². The van der Waals surface area contributed by atoms with Crippen LogP contribution in [0.15, 0.2) is 30.3 Å². The van der Waals surface area contributed by atoms with Crippen molar-refractivity contribution < 1.29 is 9.47 Å².